The molecule has 86 valence electrons. The van der Waals surface area contributed by atoms with Gasteiger partial charge in [0.05, 0.1) is 5.69 Å². The van der Waals surface area contributed by atoms with Crippen LogP contribution in [0.25, 0.3) is 0 Å². The van der Waals surface area contributed by atoms with Crippen LogP contribution in [0.5, 0.6) is 0 Å². The lowest BCUT2D eigenvalue weighted by atomic mass is 10.3. The molecule has 3 nitrogen and oxygen atoms in total. The van der Waals surface area contributed by atoms with E-state index < -0.39 is 0 Å². The minimum absolute atomic E-state index is 0.485. The van der Waals surface area contributed by atoms with Gasteiger partial charge in [0.2, 0.25) is 0 Å². The fraction of sp³-hybridized carbons (Fsp3) is 0.727. The molecule has 0 fully saturated rings. The van der Waals surface area contributed by atoms with Gasteiger partial charge in [-0.25, -0.2) is 0 Å². The Morgan fingerprint density at radius 2 is 2.27 bits per heavy atom. The molecule has 1 aromatic rings. The van der Waals surface area contributed by atoms with Crippen LogP contribution in [0.4, 0.5) is 0 Å². The maximum atomic E-state index is 4.53. The Labute approximate surface area is 100 Å². The number of rotatable bonds is 6. The summed E-state index contributed by atoms with van der Waals surface area (Å²) < 4.78 is 2.04. The van der Waals surface area contributed by atoms with Gasteiger partial charge in [-0.15, -0.1) is 0 Å². The van der Waals surface area contributed by atoms with Gasteiger partial charge in [-0.1, -0.05) is 22.9 Å². The first-order valence-electron chi connectivity index (χ1n) is 5.50. The first-order chi connectivity index (χ1) is 7.17. The number of nitrogens with zero attached hydrogens (tertiary/aromatic N) is 2. The minimum Gasteiger partial charge on any atom is -0.308 e. The Kier molecular flexibility index (Phi) is 5.32. The second-order valence-electron chi connectivity index (χ2n) is 3.98. The maximum Gasteiger partial charge on any atom is 0.0762 e. The van der Waals surface area contributed by atoms with E-state index in [4.69, 9.17) is 0 Å². The second-order valence-corrected chi connectivity index (χ2v) is 4.63. The molecule has 1 heterocycles. The van der Waals surface area contributed by atoms with Gasteiger partial charge >= 0.3 is 0 Å². The van der Waals surface area contributed by atoms with E-state index in [1.165, 1.54) is 0 Å². The largest absolute Gasteiger partial charge is 0.308 e. The first-order valence-corrected chi connectivity index (χ1v) is 6.62. The van der Waals surface area contributed by atoms with E-state index in [9.17, 15) is 0 Å². The molecule has 15 heavy (non-hydrogen) atoms. The Balaban J connectivity index is 2.46. The summed E-state index contributed by atoms with van der Waals surface area (Å²) in [4.78, 5) is 0. The highest BCUT2D eigenvalue weighted by atomic mass is 79.9. The van der Waals surface area contributed by atoms with E-state index >= 15 is 0 Å². The van der Waals surface area contributed by atoms with E-state index in [1.54, 1.807) is 0 Å². The smallest absolute Gasteiger partial charge is 0.0762 e. The third-order valence-electron chi connectivity index (χ3n) is 2.57. The summed E-state index contributed by atoms with van der Waals surface area (Å²) in [5, 5.41) is 8.89. The van der Waals surface area contributed by atoms with Crippen LogP contribution in [0.2, 0.25) is 0 Å². The van der Waals surface area contributed by atoms with Crippen LogP contribution >= 0.6 is 15.9 Å². The van der Waals surface area contributed by atoms with Gasteiger partial charge in [0, 0.05) is 30.2 Å². The summed E-state index contributed by atoms with van der Waals surface area (Å²) in [5.74, 6) is 0. The van der Waals surface area contributed by atoms with E-state index in [1.807, 2.05) is 4.68 Å². The van der Waals surface area contributed by atoms with E-state index in [0.29, 0.717) is 12.1 Å². The fourth-order valence-corrected chi connectivity index (χ4v) is 1.47. The number of hydrogen-bond donors (Lipinski definition) is 1. The number of halogens is 1. The van der Waals surface area contributed by atoms with E-state index in [0.717, 1.165) is 24.0 Å². The van der Waals surface area contributed by atoms with E-state index in [2.05, 4.69) is 59.4 Å². The molecule has 2 atom stereocenters. The van der Waals surface area contributed by atoms with Crippen LogP contribution < -0.4 is 5.32 Å². The molecular formula is C11H20BrN3. The van der Waals surface area contributed by atoms with Crippen molar-refractivity contribution < 1.29 is 0 Å². The molecule has 0 aromatic carbocycles. The van der Waals surface area contributed by atoms with Crippen molar-refractivity contribution in [3.05, 3.63) is 18.0 Å². The van der Waals surface area contributed by atoms with Crippen LogP contribution in [-0.4, -0.2) is 21.2 Å². The Hall–Kier alpha value is -0.350. The van der Waals surface area contributed by atoms with Crippen molar-refractivity contribution in [1.82, 2.24) is 15.1 Å². The summed E-state index contributed by atoms with van der Waals surface area (Å²) in [6.07, 6.45) is 3.18. The SMILES string of the molecule is CCC(C)n1ccc(CNC(C)CBr)n1. The van der Waals surface area contributed by atoms with Crippen molar-refractivity contribution in [3.8, 4) is 0 Å². The number of hydrogen-bond acceptors (Lipinski definition) is 2. The van der Waals surface area contributed by atoms with Crippen molar-refractivity contribution >= 4 is 15.9 Å². The molecule has 0 saturated heterocycles. The summed E-state index contributed by atoms with van der Waals surface area (Å²) in [6.45, 7) is 7.36. The standard InChI is InChI=1S/C11H20BrN3/c1-4-10(3)15-6-5-11(14-15)8-13-9(2)7-12/h5-6,9-10,13H,4,7-8H2,1-3H3. The highest BCUT2D eigenvalue weighted by Gasteiger charge is 2.05. The molecule has 0 spiro atoms. The lowest BCUT2D eigenvalue weighted by molar-refractivity contribution is 0.469. The zero-order valence-electron chi connectivity index (χ0n) is 9.70. The molecule has 0 bridgehead atoms. The number of alkyl halides is 1. The van der Waals surface area contributed by atoms with Crippen LogP contribution in [0.1, 0.15) is 38.9 Å². The van der Waals surface area contributed by atoms with Crippen molar-refractivity contribution in [1.29, 1.82) is 0 Å². The van der Waals surface area contributed by atoms with Crippen molar-refractivity contribution in [3.63, 3.8) is 0 Å². The molecule has 1 N–H and O–H groups in total. The van der Waals surface area contributed by atoms with Crippen molar-refractivity contribution in [2.75, 3.05) is 5.33 Å². The monoisotopic (exact) mass is 273 g/mol. The molecule has 0 aliphatic heterocycles. The topological polar surface area (TPSA) is 29.9 Å². The minimum atomic E-state index is 0.485. The average molecular weight is 274 g/mol. The molecule has 1 rings (SSSR count). The van der Waals surface area contributed by atoms with Gasteiger partial charge in [0.15, 0.2) is 0 Å². The normalized spacial score (nSPS) is 15.2. The molecule has 0 aliphatic rings. The third kappa shape index (κ3) is 3.95. The van der Waals surface area contributed by atoms with Crippen LogP contribution in [0, 0.1) is 0 Å². The Morgan fingerprint density at radius 1 is 1.53 bits per heavy atom. The van der Waals surface area contributed by atoms with E-state index in [-0.39, 0.29) is 0 Å². The quantitative estimate of drug-likeness (QED) is 0.808. The lowest BCUT2D eigenvalue weighted by Crippen LogP contribution is -2.26. The highest BCUT2D eigenvalue weighted by Crippen LogP contribution is 2.09. The van der Waals surface area contributed by atoms with Crippen LogP contribution in [-0.2, 0) is 6.54 Å². The summed E-state index contributed by atoms with van der Waals surface area (Å²) in [7, 11) is 0. The van der Waals surface area contributed by atoms with Gasteiger partial charge in [0.25, 0.3) is 0 Å². The third-order valence-corrected chi connectivity index (χ3v) is 3.54. The van der Waals surface area contributed by atoms with Crippen LogP contribution in [0.3, 0.4) is 0 Å². The molecule has 0 amide bonds. The van der Waals surface area contributed by atoms with Gasteiger partial charge in [-0.3, -0.25) is 4.68 Å². The van der Waals surface area contributed by atoms with Crippen LogP contribution in [0.15, 0.2) is 12.3 Å². The number of aromatic nitrogens is 2. The summed E-state index contributed by atoms with van der Waals surface area (Å²) in [5.41, 5.74) is 1.11. The van der Waals surface area contributed by atoms with Gasteiger partial charge in [-0.2, -0.15) is 5.10 Å². The van der Waals surface area contributed by atoms with Crippen molar-refractivity contribution in [2.24, 2.45) is 0 Å². The van der Waals surface area contributed by atoms with Crippen molar-refractivity contribution in [2.45, 2.75) is 45.8 Å². The lowest BCUT2D eigenvalue weighted by Gasteiger charge is -2.10. The predicted molar refractivity (Wildman–Crippen MR) is 67.3 cm³/mol. The Bertz CT molecular complexity index is 285. The zero-order valence-corrected chi connectivity index (χ0v) is 11.3. The fourth-order valence-electron chi connectivity index (χ4n) is 1.24. The molecule has 4 heteroatoms. The molecule has 0 saturated carbocycles. The maximum absolute atomic E-state index is 4.53. The summed E-state index contributed by atoms with van der Waals surface area (Å²) in [6, 6.07) is 3.06. The number of nitrogens with one attached hydrogen (secondary N) is 1. The molecule has 2 unspecified atom stereocenters. The van der Waals surface area contributed by atoms with Gasteiger partial charge < -0.3 is 5.32 Å². The predicted octanol–water partition coefficient (Wildman–Crippen LogP) is 2.73. The highest BCUT2D eigenvalue weighted by molar-refractivity contribution is 9.09. The average Bonchev–Trinajstić information content (AvgIpc) is 2.73. The molecular weight excluding hydrogens is 254 g/mol. The molecule has 0 radical (unpaired) electrons. The second kappa shape index (κ2) is 6.28. The Morgan fingerprint density at radius 3 is 2.87 bits per heavy atom. The van der Waals surface area contributed by atoms with Gasteiger partial charge in [0.1, 0.15) is 0 Å². The molecule has 0 aliphatic carbocycles. The van der Waals surface area contributed by atoms with Gasteiger partial charge in [-0.05, 0) is 26.3 Å². The first kappa shape index (κ1) is 12.7. The molecule has 1 aromatic heterocycles. The summed E-state index contributed by atoms with van der Waals surface area (Å²) >= 11 is 3.44. The zero-order chi connectivity index (χ0) is 11.3.